The number of halogens is 1. The Kier molecular flexibility index (Phi) is 6.92. The van der Waals surface area contributed by atoms with E-state index in [1.54, 1.807) is 0 Å². The molecule has 4 atom stereocenters. The normalized spacial score (nSPS) is 28.9. The number of aliphatic imine (C=N–C) groups is 1. The van der Waals surface area contributed by atoms with Crippen LogP contribution in [0.25, 0.3) is 0 Å². The summed E-state index contributed by atoms with van der Waals surface area (Å²) in [6.45, 7) is 5.60. The molecule has 0 radical (unpaired) electrons. The van der Waals surface area contributed by atoms with Gasteiger partial charge in [-0.1, -0.05) is 24.3 Å². The van der Waals surface area contributed by atoms with Crippen LogP contribution < -0.4 is 5.32 Å². The summed E-state index contributed by atoms with van der Waals surface area (Å²) in [6.07, 6.45) is 4.60. The molecular weight excluding hydrogens is 489 g/mol. The Balaban J connectivity index is 0.00000225. The van der Waals surface area contributed by atoms with Gasteiger partial charge in [-0.15, -0.1) is 24.0 Å². The number of fused-ring (bicyclic) bond motifs is 5. The van der Waals surface area contributed by atoms with Crippen LogP contribution in [-0.4, -0.2) is 57.4 Å². The van der Waals surface area contributed by atoms with Crippen LogP contribution in [0.1, 0.15) is 30.9 Å². The fourth-order valence-electron chi connectivity index (χ4n) is 4.77. The molecule has 1 N–H and O–H groups in total. The maximum atomic E-state index is 11.4. The highest BCUT2D eigenvalue weighted by molar-refractivity contribution is 14.0. The summed E-state index contributed by atoms with van der Waals surface area (Å²) >= 11 is 0. The van der Waals surface area contributed by atoms with Crippen molar-refractivity contribution < 1.29 is 13.2 Å². The van der Waals surface area contributed by atoms with E-state index in [1.165, 1.54) is 19.1 Å². The van der Waals surface area contributed by atoms with Gasteiger partial charge in [0.15, 0.2) is 15.8 Å². The van der Waals surface area contributed by atoms with Crippen molar-refractivity contribution in [2.45, 2.75) is 44.3 Å². The average Bonchev–Trinajstić information content (AvgIpc) is 3.31. The Morgan fingerprint density at radius 3 is 2.25 bits per heavy atom. The van der Waals surface area contributed by atoms with E-state index in [0.717, 1.165) is 36.7 Å². The summed E-state index contributed by atoms with van der Waals surface area (Å²) in [7, 11) is -3.00. The van der Waals surface area contributed by atoms with Crippen molar-refractivity contribution in [1.82, 2.24) is 10.2 Å². The van der Waals surface area contributed by atoms with Gasteiger partial charge in [-0.2, -0.15) is 0 Å². The molecule has 0 aliphatic carbocycles. The second-order valence-electron chi connectivity index (χ2n) is 8.08. The smallest absolute Gasteiger partial charge is 0.194 e. The summed E-state index contributed by atoms with van der Waals surface area (Å²) in [6, 6.07) is 7.71. The zero-order valence-corrected chi connectivity index (χ0v) is 19.7. The fraction of sp³-hybridized carbons (Fsp3) is 0.650. The van der Waals surface area contributed by atoms with Gasteiger partial charge in [-0.25, -0.2) is 13.4 Å². The van der Waals surface area contributed by atoms with Crippen molar-refractivity contribution in [3.8, 4) is 0 Å². The van der Waals surface area contributed by atoms with Crippen LogP contribution in [0.3, 0.4) is 0 Å². The molecule has 3 aliphatic rings. The van der Waals surface area contributed by atoms with E-state index < -0.39 is 9.84 Å². The first-order valence-corrected chi connectivity index (χ1v) is 11.9. The standard InChI is InChI=1S/C20H29N3O3S.HI/c1-3-21-20(23-11-16-17(12-23)19-9-8-18(16)26-19)22-10-14-4-6-15(7-5-14)13-27(2,24)25;/h4-7,16-19H,3,8-13H2,1-2H3,(H,21,22);1H. The minimum atomic E-state index is -3.00. The first-order chi connectivity index (χ1) is 12.9. The van der Waals surface area contributed by atoms with Gasteiger partial charge in [0.25, 0.3) is 0 Å². The molecule has 4 unspecified atom stereocenters. The number of nitrogens with one attached hydrogen (secondary N) is 1. The number of rotatable bonds is 5. The fourth-order valence-corrected chi connectivity index (χ4v) is 5.57. The van der Waals surface area contributed by atoms with Crippen LogP contribution in [0, 0.1) is 11.8 Å². The first-order valence-electron chi connectivity index (χ1n) is 9.87. The molecule has 3 saturated heterocycles. The van der Waals surface area contributed by atoms with Crippen molar-refractivity contribution in [1.29, 1.82) is 0 Å². The third-order valence-corrected chi connectivity index (χ3v) is 6.81. The highest BCUT2D eigenvalue weighted by Gasteiger charge is 2.53. The largest absolute Gasteiger partial charge is 0.374 e. The lowest BCUT2D eigenvalue weighted by Crippen LogP contribution is -2.41. The van der Waals surface area contributed by atoms with E-state index in [1.807, 2.05) is 24.3 Å². The van der Waals surface area contributed by atoms with Crippen molar-refractivity contribution in [2.24, 2.45) is 16.8 Å². The molecule has 0 amide bonds. The predicted molar refractivity (Wildman–Crippen MR) is 122 cm³/mol. The molecule has 0 saturated carbocycles. The molecule has 156 valence electrons. The summed E-state index contributed by atoms with van der Waals surface area (Å²) in [5.74, 6) is 2.37. The number of hydrogen-bond acceptors (Lipinski definition) is 4. The van der Waals surface area contributed by atoms with Crippen molar-refractivity contribution >= 4 is 39.8 Å². The second kappa shape index (κ2) is 8.87. The van der Waals surface area contributed by atoms with Gasteiger partial charge in [-0.3, -0.25) is 0 Å². The van der Waals surface area contributed by atoms with Gasteiger partial charge in [-0.05, 0) is 30.9 Å². The molecule has 1 aromatic rings. The maximum absolute atomic E-state index is 11.4. The molecule has 8 heteroatoms. The lowest BCUT2D eigenvalue weighted by molar-refractivity contribution is 0.0767. The average molecular weight is 519 g/mol. The Bertz CT molecular complexity index is 794. The highest BCUT2D eigenvalue weighted by Crippen LogP contribution is 2.47. The topological polar surface area (TPSA) is 71.0 Å². The van der Waals surface area contributed by atoms with Crippen LogP contribution in [0.5, 0.6) is 0 Å². The Morgan fingerprint density at radius 2 is 1.71 bits per heavy atom. The van der Waals surface area contributed by atoms with Gasteiger partial charge in [0.2, 0.25) is 0 Å². The lowest BCUT2D eigenvalue weighted by Gasteiger charge is -2.23. The number of likely N-dealkylation sites (tertiary alicyclic amines) is 1. The number of benzene rings is 1. The molecule has 1 aromatic carbocycles. The third kappa shape index (κ3) is 4.81. The minimum Gasteiger partial charge on any atom is -0.374 e. The second-order valence-corrected chi connectivity index (χ2v) is 10.2. The van der Waals surface area contributed by atoms with E-state index >= 15 is 0 Å². The minimum absolute atomic E-state index is 0. The van der Waals surface area contributed by atoms with Crippen LogP contribution in [0.4, 0.5) is 0 Å². The van der Waals surface area contributed by atoms with E-state index in [2.05, 4.69) is 17.1 Å². The van der Waals surface area contributed by atoms with Gasteiger partial charge in [0, 0.05) is 37.7 Å². The molecule has 3 fully saturated rings. The highest BCUT2D eigenvalue weighted by atomic mass is 127. The number of sulfone groups is 1. The van der Waals surface area contributed by atoms with Crippen LogP contribution in [0.2, 0.25) is 0 Å². The number of nitrogens with zero attached hydrogens (tertiary/aromatic N) is 2. The Hall–Kier alpha value is -0.870. The number of ether oxygens (including phenoxy) is 1. The van der Waals surface area contributed by atoms with E-state index in [0.29, 0.717) is 30.6 Å². The third-order valence-electron chi connectivity index (χ3n) is 5.95. The number of guanidine groups is 1. The monoisotopic (exact) mass is 519 g/mol. The van der Waals surface area contributed by atoms with Crippen molar-refractivity contribution in [3.05, 3.63) is 35.4 Å². The maximum Gasteiger partial charge on any atom is 0.194 e. The Labute approximate surface area is 185 Å². The van der Waals surface area contributed by atoms with Crippen LogP contribution in [0.15, 0.2) is 29.3 Å². The Morgan fingerprint density at radius 1 is 1.14 bits per heavy atom. The molecule has 0 aromatic heterocycles. The lowest BCUT2D eigenvalue weighted by atomic mass is 9.82. The molecule has 0 spiro atoms. The predicted octanol–water partition coefficient (Wildman–Crippen LogP) is 2.42. The molecular formula is C20H30IN3O3S. The quantitative estimate of drug-likeness (QED) is 0.368. The van der Waals surface area contributed by atoms with Gasteiger partial charge in [0.1, 0.15) is 0 Å². The number of hydrogen-bond donors (Lipinski definition) is 1. The zero-order chi connectivity index (χ0) is 19.0. The molecule has 3 heterocycles. The van der Waals surface area contributed by atoms with E-state index in [-0.39, 0.29) is 29.7 Å². The summed E-state index contributed by atoms with van der Waals surface area (Å²) in [5.41, 5.74) is 1.91. The first kappa shape index (κ1) is 21.8. The zero-order valence-electron chi connectivity index (χ0n) is 16.5. The summed E-state index contributed by atoms with van der Waals surface area (Å²) < 4.78 is 28.9. The molecule has 2 bridgehead atoms. The van der Waals surface area contributed by atoms with Crippen LogP contribution in [-0.2, 0) is 26.9 Å². The van der Waals surface area contributed by atoms with Gasteiger partial charge < -0.3 is 15.0 Å². The summed E-state index contributed by atoms with van der Waals surface area (Å²) in [4.78, 5) is 7.23. The van der Waals surface area contributed by atoms with Gasteiger partial charge >= 0.3 is 0 Å². The molecule has 4 rings (SSSR count). The molecule has 3 aliphatic heterocycles. The van der Waals surface area contributed by atoms with E-state index in [9.17, 15) is 8.42 Å². The SMILES string of the molecule is CCNC(=NCc1ccc(CS(C)(=O)=O)cc1)N1CC2C3CCC(O3)C2C1.I. The van der Waals surface area contributed by atoms with Gasteiger partial charge in [0.05, 0.1) is 24.5 Å². The van der Waals surface area contributed by atoms with Crippen LogP contribution >= 0.6 is 24.0 Å². The van der Waals surface area contributed by atoms with Crippen molar-refractivity contribution in [2.75, 3.05) is 25.9 Å². The molecule has 6 nitrogen and oxygen atoms in total. The van der Waals surface area contributed by atoms with E-state index in [4.69, 9.17) is 9.73 Å². The summed E-state index contributed by atoms with van der Waals surface area (Å²) in [5, 5.41) is 3.43. The molecule has 28 heavy (non-hydrogen) atoms. The van der Waals surface area contributed by atoms with Crippen molar-refractivity contribution in [3.63, 3.8) is 0 Å².